The standard InChI is InChI=1S/C49H32N2/c1-3-15-33(16-4-1)50(35-28-30-48-42(31-35)41-22-10-14-26-47(41)51(48)34-17-5-2-6-18-34)36-27-29-40-39-21-9-13-25-45(39)49(46(40)32-36)43-23-11-7-19-37(43)38-20-8-12-24-44(38)49/h1-32H. The van der Waals surface area contributed by atoms with Crippen LogP contribution in [0.4, 0.5) is 17.1 Å². The molecule has 0 fully saturated rings. The molecule has 0 saturated heterocycles. The monoisotopic (exact) mass is 648 g/mol. The average molecular weight is 649 g/mol. The van der Waals surface area contributed by atoms with E-state index in [4.69, 9.17) is 0 Å². The average Bonchev–Trinajstić information content (AvgIpc) is 3.80. The van der Waals surface area contributed by atoms with Gasteiger partial charge in [0.2, 0.25) is 0 Å². The van der Waals surface area contributed by atoms with E-state index in [1.54, 1.807) is 0 Å². The van der Waals surface area contributed by atoms with Crippen molar-refractivity contribution in [2.45, 2.75) is 5.41 Å². The first-order valence-electron chi connectivity index (χ1n) is 17.7. The second kappa shape index (κ2) is 10.7. The van der Waals surface area contributed by atoms with Crippen molar-refractivity contribution < 1.29 is 0 Å². The van der Waals surface area contributed by atoms with Gasteiger partial charge in [0, 0.05) is 33.5 Å². The van der Waals surface area contributed by atoms with E-state index in [0.717, 1.165) is 22.7 Å². The molecule has 0 amide bonds. The summed E-state index contributed by atoms with van der Waals surface area (Å²) in [6.45, 7) is 0. The summed E-state index contributed by atoms with van der Waals surface area (Å²) in [7, 11) is 0. The van der Waals surface area contributed by atoms with E-state index >= 15 is 0 Å². The fourth-order valence-electron chi connectivity index (χ4n) is 9.20. The van der Waals surface area contributed by atoms with E-state index in [0.29, 0.717) is 0 Å². The van der Waals surface area contributed by atoms with Crippen molar-refractivity contribution in [1.82, 2.24) is 4.57 Å². The summed E-state index contributed by atoms with van der Waals surface area (Å²) in [5.74, 6) is 0. The largest absolute Gasteiger partial charge is 0.310 e. The SMILES string of the molecule is c1ccc(N(c2ccc3c(c2)C2(c4ccccc4-c4ccccc42)c2ccccc2-3)c2ccc3c(c2)c2ccccc2n3-c2ccccc2)cc1. The lowest BCUT2D eigenvalue weighted by Crippen LogP contribution is -2.26. The molecule has 0 saturated carbocycles. The summed E-state index contributed by atoms with van der Waals surface area (Å²) in [4.78, 5) is 2.43. The first-order chi connectivity index (χ1) is 25.3. The minimum atomic E-state index is -0.398. The number of aromatic nitrogens is 1. The Balaban J connectivity index is 1.17. The van der Waals surface area contributed by atoms with Crippen LogP contribution in [0.3, 0.4) is 0 Å². The molecule has 1 spiro atoms. The second-order valence-electron chi connectivity index (χ2n) is 13.7. The normalized spacial score (nSPS) is 13.3. The molecule has 0 aliphatic heterocycles. The highest BCUT2D eigenvalue weighted by molar-refractivity contribution is 6.10. The van der Waals surface area contributed by atoms with E-state index < -0.39 is 5.41 Å². The number of benzene rings is 8. The number of para-hydroxylation sites is 3. The summed E-state index contributed by atoms with van der Waals surface area (Å²) < 4.78 is 2.38. The van der Waals surface area contributed by atoms with E-state index in [-0.39, 0.29) is 0 Å². The highest BCUT2D eigenvalue weighted by atomic mass is 15.1. The molecule has 8 aromatic carbocycles. The first kappa shape index (κ1) is 28.2. The van der Waals surface area contributed by atoms with Crippen LogP contribution in [0.1, 0.15) is 22.3 Å². The Labute approximate surface area is 297 Å². The topological polar surface area (TPSA) is 8.17 Å². The molecule has 2 nitrogen and oxygen atoms in total. The third-order valence-corrected chi connectivity index (χ3v) is 11.2. The van der Waals surface area contributed by atoms with Crippen LogP contribution in [0, 0.1) is 0 Å². The van der Waals surface area contributed by atoms with Gasteiger partial charge in [0.15, 0.2) is 0 Å². The third-order valence-electron chi connectivity index (χ3n) is 11.2. The fraction of sp³-hybridized carbons (Fsp3) is 0.0204. The minimum absolute atomic E-state index is 0.398. The van der Waals surface area contributed by atoms with Crippen molar-refractivity contribution in [3.05, 3.63) is 216 Å². The van der Waals surface area contributed by atoms with Crippen molar-refractivity contribution in [1.29, 1.82) is 0 Å². The van der Waals surface area contributed by atoms with Gasteiger partial charge >= 0.3 is 0 Å². The number of anilines is 3. The van der Waals surface area contributed by atoms with Gasteiger partial charge < -0.3 is 9.47 Å². The summed E-state index contributed by atoms with van der Waals surface area (Å²) in [6.07, 6.45) is 0. The van der Waals surface area contributed by atoms with Crippen molar-refractivity contribution >= 4 is 38.9 Å². The Morgan fingerprint density at radius 2 is 0.824 bits per heavy atom. The lowest BCUT2D eigenvalue weighted by atomic mass is 9.70. The van der Waals surface area contributed by atoms with Crippen LogP contribution in [-0.4, -0.2) is 4.57 Å². The van der Waals surface area contributed by atoms with Crippen LogP contribution in [0.25, 0.3) is 49.7 Å². The van der Waals surface area contributed by atoms with Gasteiger partial charge in [-0.25, -0.2) is 0 Å². The zero-order chi connectivity index (χ0) is 33.5. The van der Waals surface area contributed by atoms with Crippen LogP contribution in [0.15, 0.2) is 194 Å². The summed E-state index contributed by atoms with van der Waals surface area (Å²) in [6, 6.07) is 71.4. The summed E-state index contributed by atoms with van der Waals surface area (Å²) >= 11 is 0. The lowest BCUT2D eigenvalue weighted by Gasteiger charge is -2.32. The van der Waals surface area contributed by atoms with E-state index in [1.165, 1.54) is 66.3 Å². The number of hydrogen-bond acceptors (Lipinski definition) is 1. The van der Waals surface area contributed by atoms with Crippen LogP contribution < -0.4 is 4.90 Å². The number of nitrogens with zero attached hydrogens (tertiary/aromatic N) is 2. The molecule has 0 bridgehead atoms. The quantitative estimate of drug-likeness (QED) is 0.184. The third kappa shape index (κ3) is 3.82. The highest BCUT2D eigenvalue weighted by Crippen LogP contribution is 2.63. The first-order valence-corrected chi connectivity index (χ1v) is 17.7. The highest BCUT2D eigenvalue weighted by Gasteiger charge is 2.51. The van der Waals surface area contributed by atoms with Gasteiger partial charge in [-0.1, -0.05) is 133 Å². The van der Waals surface area contributed by atoms with Crippen molar-refractivity contribution in [2.75, 3.05) is 4.90 Å². The molecular formula is C49H32N2. The summed E-state index contributed by atoms with van der Waals surface area (Å²) in [5, 5.41) is 2.48. The van der Waals surface area contributed by atoms with Crippen molar-refractivity contribution in [3.63, 3.8) is 0 Å². The zero-order valence-corrected chi connectivity index (χ0v) is 27.9. The molecule has 0 unspecified atom stereocenters. The van der Waals surface area contributed by atoms with Crippen molar-refractivity contribution in [2.24, 2.45) is 0 Å². The van der Waals surface area contributed by atoms with Gasteiger partial charge in [0.25, 0.3) is 0 Å². The van der Waals surface area contributed by atoms with Gasteiger partial charge in [-0.05, 0) is 105 Å². The molecular weight excluding hydrogens is 617 g/mol. The smallest absolute Gasteiger partial charge is 0.0726 e. The lowest BCUT2D eigenvalue weighted by molar-refractivity contribution is 0.793. The Kier molecular flexibility index (Phi) is 5.91. The van der Waals surface area contributed by atoms with Gasteiger partial charge in [0.05, 0.1) is 16.4 Å². The predicted molar refractivity (Wildman–Crippen MR) is 212 cm³/mol. The van der Waals surface area contributed by atoms with Crippen LogP contribution in [0.2, 0.25) is 0 Å². The molecule has 11 rings (SSSR count). The van der Waals surface area contributed by atoms with Crippen molar-refractivity contribution in [3.8, 4) is 27.9 Å². The molecule has 2 heteroatoms. The molecule has 1 aromatic heterocycles. The maximum Gasteiger partial charge on any atom is 0.0726 e. The van der Waals surface area contributed by atoms with Crippen LogP contribution >= 0.6 is 0 Å². The number of hydrogen-bond donors (Lipinski definition) is 0. The Bertz CT molecular complexity index is 2750. The molecule has 0 N–H and O–H groups in total. The van der Waals surface area contributed by atoms with E-state index in [9.17, 15) is 0 Å². The number of fused-ring (bicyclic) bond motifs is 13. The van der Waals surface area contributed by atoms with Crippen LogP contribution in [0.5, 0.6) is 0 Å². The predicted octanol–water partition coefficient (Wildman–Crippen LogP) is 12.6. The van der Waals surface area contributed by atoms with Gasteiger partial charge in [-0.3, -0.25) is 0 Å². The Morgan fingerprint density at radius 1 is 0.333 bits per heavy atom. The van der Waals surface area contributed by atoms with Gasteiger partial charge in [-0.2, -0.15) is 0 Å². The second-order valence-corrected chi connectivity index (χ2v) is 13.7. The molecule has 0 atom stereocenters. The fourth-order valence-corrected chi connectivity index (χ4v) is 9.20. The van der Waals surface area contributed by atoms with E-state index in [2.05, 4.69) is 204 Å². The van der Waals surface area contributed by atoms with Gasteiger partial charge in [-0.15, -0.1) is 0 Å². The van der Waals surface area contributed by atoms with Crippen LogP contribution in [-0.2, 0) is 5.41 Å². The molecule has 51 heavy (non-hydrogen) atoms. The molecule has 0 radical (unpaired) electrons. The maximum absolute atomic E-state index is 2.47. The molecule has 2 aliphatic rings. The van der Waals surface area contributed by atoms with Gasteiger partial charge in [0.1, 0.15) is 0 Å². The Hall–Kier alpha value is -6.64. The molecule has 1 heterocycles. The Morgan fingerprint density at radius 3 is 1.49 bits per heavy atom. The number of rotatable bonds is 4. The molecule has 238 valence electrons. The van der Waals surface area contributed by atoms with E-state index in [1.807, 2.05) is 0 Å². The summed E-state index contributed by atoms with van der Waals surface area (Å²) in [5.41, 5.74) is 17.2. The minimum Gasteiger partial charge on any atom is -0.310 e. The molecule has 2 aliphatic carbocycles. The maximum atomic E-state index is 2.47. The zero-order valence-electron chi connectivity index (χ0n) is 27.9. The molecule has 9 aromatic rings.